The minimum Gasteiger partial charge on any atom is -0.256 e. The van der Waals surface area contributed by atoms with Gasteiger partial charge in [0.25, 0.3) is 0 Å². The Hall–Kier alpha value is -1.37. The molecule has 0 aliphatic rings. The van der Waals surface area contributed by atoms with Gasteiger partial charge in [0.05, 0.1) is 5.52 Å². The first kappa shape index (κ1) is 9.20. The van der Waals surface area contributed by atoms with Crippen LogP contribution in [0.15, 0.2) is 24.4 Å². The monoisotopic (exact) mass is 185 g/mol. The van der Waals surface area contributed by atoms with Crippen molar-refractivity contribution in [1.82, 2.24) is 4.98 Å². The Morgan fingerprint density at radius 2 is 1.93 bits per heavy atom. The quantitative estimate of drug-likeness (QED) is 0.663. The molecule has 2 rings (SSSR count). The molecule has 2 aromatic rings. The van der Waals surface area contributed by atoms with Crippen molar-refractivity contribution >= 4 is 10.9 Å². The molecule has 0 unspecified atom stereocenters. The van der Waals surface area contributed by atoms with Gasteiger partial charge >= 0.3 is 0 Å². The number of pyridine rings is 1. The summed E-state index contributed by atoms with van der Waals surface area (Å²) in [5.74, 6) is 0. The third-order valence-electron chi connectivity index (χ3n) is 2.62. The van der Waals surface area contributed by atoms with Crippen LogP contribution in [0.5, 0.6) is 0 Å². The molecule has 0 fully saturated rings. The summed E-state index contributed by atoms with van der Waals surface area (Å²) in [6, 6.07) is 6.60. The standard InChI is InChI=1S/C13H15N/c1-4-11-7-12-10(3)5-9(2)6-13(12)14-8-11/h5-8H,4H2,1-3H3. The normalized spacial score (nSPS) is 10.8. The van der Waals surface area contributed by atoms with Gasteiger partial charge in [-0.05, 0) is 49.1 Å². The fourth-order valence-corrected chi connectivity index (χ4v) is 1.82. The molecule has 1 heteroatoms. The van der Waals surface area contributed by atoms with Gasteiger partial charge in [0.2, 0.25) is 0 Å². The van der Waals surface area contributed by atoms with E-state index in [9.17, 15) is 0 Å². The van der Waals surface area contributed by atoms with E-state index in [-0.39, 0.29) is 0 Å². The smallest absolute Gasteiger partial charge is 0.0707 e. The number of hydrogen-bond donors (Lipinski definition) is 0. The van der Waals surface area contributed by atoms with Crippen LogP contribution >= 0.6 is 0 Å². The van der Waals surface area contributed by atoms with Gasteiger partial charge in [0, 0.05) is 11.6 Å². The minimum atomic E-state index is 1.05. The Labute approximate surface area is 84.8 Å². The van der Waals surface area contributed by atoms with Gasteiger partial charge in [0.1, 0.15) is 0 Å². The number of hydrogen-bond acceptors (Lipinski definition) is 1. The van der Waals surface area contributed by atoms with Crippen LogP contribution in [0.1, 0.15) is 23.6 Å². The molecule has 0 amide bonds. The summed E-state index contributed by atoms with van der Waals surface area (Å²) in [4.78, 5) is 4.47. The van der Waals surface area contributed by atoms with Gasteiger partial charge in [-0.25, -0.2) is 0 Å². The fraction of sp³-hybridized carbons (Fsp3) is 0.308. The Bertz CT molecular complexity index is 472. The van der Waals surface area contributed by atoms with Gasteiger partial charge in [-0.15, -0.1) is 0 Å². The van der Waals surface area contributed by atoms with Crippen molar-refractivity contribution in [3.8, 4) is 0 Å². The third kappa shape index (κ3) is 1.50. The Morgan fingerprint density at radius 3 is 2.64 bits per heavy atom. The Morgan fingerprint density at radius 1 is 1.14 bits per heavy atom. The molecule has 14 heavy (non-hydrogen) atoms. The van der Waals surface area contributed by atoms with Crippen LogP contribution in [0.4, 0.5) is 0 Å². The predicted octanol–water partition coefficient (Wildman–Crippen LogP) is 3.41. The molecule has 0 spiro atoms. The second kappa shape index (κ2) is 3.41. The molecule has 0 saturated carbocycles. The fourth-order valence-electron chi connectivity index (χ4n) is 1.82. The molecule has 0 saturated heterocycles. The van der Waals surface area contributed by atoms with Crippen LogP contribution in [-0.2, 0) is 6.42 Å². The van der Waals surface area contributed by atoms with E-state index >= 15 is 0 Å². The SMILES string of the molecule is CCc1cnc2cc(C)cc(C)c2c1. The van der Waals surface area contributed by atoms with E-state index in [1.807, 2.05) is 6.20 Å². The lowest BCUT2D eigenvalue weighted by Gasteiger charge is -2.05. The molecular weight excluding hydrogens is 170 g/mol. The van der Waals surface area contributed by atoms with Crippen molar-refractivity contribution in [3.05, 3.63) is 41.1 Å². The number of nitrogens with zero attached hydrogens (tertiary/aromatic N) is 1. The van der Waals surface area contributed by atoms with Crippen LogP contribution in [-0.4, -0.2) is 4.98 Å². The molecule has 0 radical (unpaired) electrons. The highest BCUT2D eigenvalue weighted by Crippen LogP contribution is 2.19. The van der Waals surface area contributed by atoms with Gasteiger partial charge in [-0.1, -0.05) is 13.0 Å². The molecule has 0 N–H and O–H groups in total. The zero-order valence-corrected chi connectivity index (χ0v) is 8.96. The summed E-state index contributed by atoms with van der Waals surface area (Å²) < 4.78 is 0. The van der Waals surface area contributed by atoms with Crippen molar-refractivity contribution in [2.75, 3.05) is 0 Å². The van der Waals surface area contributed by atoms with Crippen molar-refractivity contribution in [3.63, 3.8) is 0 Å². The molecule has 1 nitrogen and oxygen atoms in total. The first-order chi connectivity index (χ1) is 6.70. The Kier molecular flexibility index (Phi) is 2.24. The van der Waals surface area contributed by atoms with E-state index in [1.165, 1.54) is 22.1 Å². The van der Waals surface area contributed by atoms with Crippen LogP contribution in [0, 0.1) is 13.8 Å². The number of rotatable bonds is 1. The summed E-state index contributed by atoms with van der Waals surface area (Å²) >= 11 is 0. The lowest BCUT2D eigenvalue weighted by atomic mass is 10.0. The number of benzene rings is 1. The molecular formula is C13H15N. The van der Waals surface area contributed by atoms with Gasteiger partial charge < -0.3 is 0 Å². The van der Waals surface area contributed by atoms with Crippen LogP contribution in [0.2, 0.25) is 0 Å². The average Bonchev–Trinajstić information content (AvgIpc) is 2.17. The average molecular weight is 185 g/mol. The largest absolute Gasteiger partial charge is 0.256 e. The maximum atomic E-state index is 4.47. The van der Waals surface area contributed by atoms with Gasteiger partial charge in [-0.2, -0.15) is 0 Å². The van der Waals surface area contributed by atoms with E-state index in [2.05, 4.69) is 44.0 Å². The van der Waals surface area contributed by atoms with Crippen molar-refractivity contribution in [2.24, 2.45) is 0 Å². The molecule has 1 heterocycles. The molecule has 0 aliphatic heterocycles. The molecule has 1 aromatic heterocycles. The summed E-state index contributed by atoms with van der Waals surface area (Å²) in [5.41, 5.74) is 5.03. The maximum Gasteiger partial charge on any atom is 0.0707 e. The third-order valence-corrected chi connectivity index (χ3v) is 2.62. The van der Waals surface area contributed by atoms with Crippen molar-refractivity contribution in [1.29, 1.82) is 0 Å². The first-order valence-electron chi connectivity index (χ1n) is 5.06. The predicted molar refractivity (Wildman–Crippen MR) is 60.6 cm³/mol. The van der Waals surface area contributed by atoms with E-state index in [1.54, 1.807) is 0 Å². The Balaban J connectivity index is 2.75. The second-order valence-corrected chi connectivity index (χ2v) is 3.85. The van der Waals surface area contributed by atoms with E-state index in [0.29, 0.717) is 0 Å². The first-order valence-corrected chi connectivity index (χ1v) is 5.06. The highest BCUT2D eigenvalue weighted by molar-refractivity contribution is 5.83. The summed E-state index contributed by atoms with van der Waals surface area (Å²) in [6.45, 7) is 6.42. The van der Waals surface area contributed by atoms with E-state index < -0.39 is 0 Å². The highest BCUT2D eigenvalue weighted by atomic mass is 14.6. The number of aryl methyl sites for hydroxylation is 3. The topological polar surface area (TPSA) is 12.9 Å². The van der Waals surface area contributed by atoms with Crippen molar-refractivity contribution in [2.45, 2.75) is 27.2 Å². The van der Waals surface area contributed by atoms with E-state index in [0.717, 1.165) is 11.9 Å². The summed E-state index contributed by atoms with van der Waals surface area (Å²) in [5, 5.41) is 1.29. The maximum absolute atomic E-state index is 4.47. The molecule has 0 aliphatic carbocycles. The van der Waals surface area contributed by atoms with Crippen LogP contribution in [0.25, 0.3) is 10.9 Å². The van der Waals surface area contributed by atoms with Crippen LogP contribution < -0.4 is 0 Å². The highest BCUT2D eigenvalue weighted by Gasteiger charge is 2.00. The molecule has 0 atom stereocenters. The van der Waals surface area contributed by atoms with Gasteiger partial charge in [0.15, 0.2) is 0 Å². The van der Waals surface area contributed by atoms with Crippen LogP contribution in [0.3, 0.4) is 0 Å². The number of fused-ring (bicyclic) bond motifs is 1. The number of aromatic nitrogens is 1. The van der Waals surface area contributed by atoms with E-state index in [4.69, 9.17) is 0 Å². The summed E-state index contributed by atoms with van der Waals surface area (Å²) in [7, 11) is 0. The lowest BCUT2D eigenvalue weighted by molar-refractivity contribution is 1.12. The minimum absolute atomic E-state index is 1.05. The second-order valence-electron chi connectivity index (χ2n) is 3.85. The molecule has 0 bridgehead atoms. The lowest BCUT2D eigenvalue weighted by Crippen LogP contribution is -1.88. The van der Waals surface area contributed by atoms with Crippen molar-refractivity contribution < 1.29 is 0 Å². The summed E-state index contributed by atoms with van der Waals surface area (Å²) in [6.07, 6.45) is 3.03. The molecule has 1 aromatic carbocycles. The zero-order valence-electron chi connectivity index (χ0n) is 8.96. The van der Waals surface area contributed by atoms with Gasteiger partial charge in [-0.3, -0.25) is 4.98 Å². The molecule has 72 valence electrons. The zero-order chi connectivity index (χ0) is 10.1.